The van der Waals surface area contributed by atoms with Crippen LogP contribution < -0.4 is 0 Å². The van der Waals surface area contributed by atoms with E-state index in [9.17, 15) is 8.78 Å². The predicted octanol–water partition coefficient (Wildman–Crippen LogP) is 4.29. The number of hydrogen-bond acceptors (Lipinski definition) is 3. The first-order valence-electron chi connectivity index (χ1n) is 5.01. The Morgan fingerprint density at radius 3 is 2.50 bits per heavy atom. The maximum atomic E-state index is 13.2. The van der Waals surface area contributed by atoms with Crippen LogP contribution in [0.2, 0.25) is 5.28 Å². The van der Waals surface area contributed by atoms with Crippen molar-refractivity contribution in [1.82, 2.24) is 9.97 Å². The van der Waals surface area contributed by atoms with Gasteiger partial charge in [0.2, 0.25) is 5.28 Å². The fourth-order valence-electron chi connectivity index (χ4n) is 1.72. The number of benzene rings is 1. The van der Waals surface area contributed by atoms with Crippen LogP contribution in [0.4, 0.5) is 8.78 Å². The van der Waals surface area contributed by atoms with Gasteiger partial charge in [-0.3, -0.25) is 0 Å². The average molecular weight is 283 g/mol. The number of halogens is 3. The van der Waals surface area contributed by atoms with Crippen molar-refractivity contribution in [2.24, 2.45) is 0 Å². The predicted molar refractivity (Wildman–Crippen MR) is 67.8 cm³/mol. The van der Waals surface area contributed by atoms with Gasteiger partial charge in [-0.2, -0.15) is 0 Å². The summed E-state index contributed by atoms with van der Waals surface area (Å²) in [5, 5.41) is 1.88. The molecule has 0 saturated carbocycles. The highest BCUT2D eigenvalue weighted by molar-refractivity contribution is 7.17. The maximum Gasteiger partial charge on any atom is 0.223 e. The first kappa shape index (κ1) is 11.5. The van der Waals surface area contributed by atoms with Gasteiger partial charge in [0.05, 0.1) is 15.9 Å². The molecular formula is C12H5ClF2N2S. The molecule has 0 N–H and O–H groups in total. The summed E-state index contributed by atoms with van der Waals surface area (Å²) in [6.45, 7) is 0. The topological polar surface area (TPSA) is 25.8 Å². The van der Waals surface area contributed by atoms with Crippen LogP contribution in [-0.4, -0.2) is 9.97 Å². The molecule has 3 rings (SSSR count). The molecule has 6 heteroatoms. The lowest BCUT2D eigenvalue weighted by Gasteiger charge is -2.03. The largest absolute Gasteiger partial charge is 0.223 e. The van der Waals surface area contributed by atoms with Gasteiger partial charge in [-0.15, -0.1) is 11.3 Å². The fraction of sp³-hybridized carbons (Fsp3) is 0. The van der Waals surface area contributed by atoms with E-state index in [1.807, 2.05) is 5.38 Å². The first-order chi connectivity index (χ1) is 8.63. The van der Waals surface area contributed by atoms with E-state index in [0.717, 1.165) is 10.8 Å². The average Bonchev–Trinajstić information content (AvgIpc) is 2.74. The van der Waals surface area contributed by atoms with Gasteiger partial charge in [-0.05, 0) is 35.2 Å². The van der Waals surface area contributed by atoms with E-state index in [-0.39, 0.29) is 5.28 Å². The molecule has 2 aromatic heterocycles. The summed E-state index contributed by atoms with van der Waals surface area (Å²) in [6, 6.07) is 5.05. The van der Waals surface area contributed by atoms with Gasteiger partial charge in [-0.1, -0.05) is 0 Å². The van der Waals surface area contributed by atoms with Gasteiger partial charge >= 0.3 is 0 Å². The van der Waals surface area contributed by atoms with Crippen molar-refractivity contribution in [3.05, 3.63) is 46.6 Å². The van der Waals surface area contributed by atoms with Gasteiger partial charge in [0.1, 0.15) is 11.6 Å². The van der Waals surface area contributed by atoms with Crippen LogP contribution in [0.15, 0.2) is 29.6 Å². The third-order valence-corrected chi connectivity index (χ3v) is 3.49. The van der Waals surface area contributed by atoms with Crippen LogP contribution >= 0.6 is 22.9 Å². The molecule has 2 nitrogen and oxygen atoms in total. The summed E-state index contributed by atoms with van der Waals surface area (Å²) in [5.41, 5.74) is 1.46. The number of aromatic nitrogens is 2. The number of fused-ring (bicyclic) bond motifs is 1. The van der Waals surface area contributed by atoms with Crippen molar-refractivity contribution < 1.29 is 8.78 Å². The van der Waals surface area contributed by atoms with E-state index < -0.39 is 11.6 Å². The standard InChI is InChI=1S/C12H5ClF2N2S/c13-12-16-9-1-2-18-11(9)10(17-12)6-3-7(14)5-8(15)4-6/h1-5H. The molecule has 0 spiro atoms. The fourth-order valence-corrected chi connectivity index (χ4v) is 2.74. The summed E-state index contributed by atoms with van der Waals surface area (Å²) < 4.78 is 27.2. The van der Waals surface area contributed by atoms with Crippen molar-refractivity contribution in [2.45, 2.75) is 0 Å². The number of rotatable bonds is 1. The van der Waals surface area contributed by atoms with Crippen molar-refractivity contribution in [3.63, 3.8) is 0 Å². The van der Waals surface area contributed by atoms with Gasteiger partial charge in [-0.25, -0.2) is 18.7 Å². The highest BCUT2D eigenvalue weighted by atomic mass is 35.5. The zero-order valence-corrected chi connectivity index (χ0v) is 10.4. The molecule has 0 amide bonds. The lowest BCUT2D eigenvalue weighted by Crippen LogP contribution is -1.90. The molecule has 0 aliphatic rings. The van der Waals surface area contributed by atoms with Crippen LogP contribution in [0.25, 0.3) is 21.5 Å². The molecule has 90 valence electrons. The minimum absolute atomic E-state index is 0.0561. The Morgan fingerprint density at radius 1 is 1.06 bits per heavy atom. The monoisotopic (exact) mass is 282 g/mol. The van der Waals surface area contributed by atoms with Gasteiger partial charge in [0.15, 0.2) is 0 Å². The molecule has 0 saturated heterocycles. The van der Waals surface area contributed by atoms with Crippen molar-refractivity contribution in [2.75, 3.05) is 0 Å². The second-order valence-corrected chi connectivity index (χ2v) is 4.89. The summed E-state index contributed by atoms with van der Waals surface area (Å²) in [4.78, 5) is 8.10. The van der Waals surface area contributed by atoms with E-state index in [0.29, 0.717) is 16.8 Å². The molecule has 0 aliphatic carbocycles. The normalized spacial score (nSPS) is 11.1. The minimum atomic E-state index is -0.649. The SMILES string of the molecule is Fc1cc(F)cc(-c2nc(Cl)nc3ccsc23)c1. The highest BCUT2D eigenvalue weighted by Gasteiger charge is 2.12. The van der Waals surface area contributed by atoms with E-state index in [1.165, 1.54) is 23.5 Å². The van der Waals surface area contributed by atoms with Crippen LogP contribution in [0.5, 0.6) is 0 Å². The Kier molecular flexibility index (Phi) is 2.72. The quantitative estimate of drug-likeness (QED) is 0.622. The maximum absolute atomic E-state index is 13.2. The molecule has 0 bridgehead atoms. The minimum Gasteiger partial charge on any atom is -0.217 e. The zero-order chi connectivity index (χ0) is 12.7. The Morgan fingerprint density at radius 2 is 1.78 bits per heavy atom. The summed E-state index contributed by atoms with van der Waals surface area (Å²) in [5.74, 6) is -1.30. The van der Waals surface area contributed by atoms with E-state index in [4.69, 9.17) is 11.6 Å². The molecule has 0 atom stereocenters. The second-order valence-electron chi connectivity index (χ2n) is 3.63. The lowest BCUT2D eigenvalue weighted by atomic mass is 10.1. The van der Waals surface area contributed by atoms with Crippen molar-refractivity contribution in [3.8, 4) is 11.3 Å². The molecule has 2 heterocycles. The Balaban J connectivity index is 2.33. The third-order valence-electron chi connectivity index (χ3n) is 2.41. The molecule has 3 aromatic rings. The van der Waals surface area contributed by atoms with Crippen molar-refractivity contribution >= 4 is 33.2 Å². The Hall–Kier alpha value is -1.59. The zero-order valence-electron chi connectivity index (χ0n) is 8.82. The smallest absolute Gasteiger partial charge is 0.217 e. The molecule has 0 fully saturated rings. The number of thiophene rings is 1. The summed E-state index contributed by atoms with van der Waals surface area (Å²) in [7, 11) is 0. The van der Waals surface area contributed by atoms with Gasteiger partial charge < -0.3 is 0 Å². The van der Waals surface area contributed by atoms with Crippen molar-refractivity contribution in [1.29, 1.82) is 0 Å². The Labute approximate surface area is 110 Å². The van der Waals surface area contributed by atoms with E-state index in [2.05, 4.69) is 9.97 Å². The summed E-state index contributed by atoms with van der Waals surface area (Å²) >= 11 is 7.21. The molecule has 0 unspecified atom stereocenters. The molecule has 1 aromatic carbocycles. The second kappa shape index (κ2) is 4.26. The molecule has 0 radical (unpaired) electrons. The van der Waals surface area contributed by atoms with Crippen LogP contribution in [0, 0.1) is 11.6 Å². The molecule has 18 heavy (non-hydrogen) atoms. The third kappa shape index (κ3) is 1.95. The highest BCUT2D eigenvalue weighted by Crippen LogP contribution is 2.31. The molecule has 0 aliphatic heterocycles. The number of nitrogens with zero attached hydrogens (tertiary/aromatic N) is 2. The van der Waals surface area contributed by atoms with E-state index >= 15 is 0 Å². The van der Waals surface area contributed by atoms with Gasteiger partial charge in [0.25, 0.3) is 0 Å². The Bertz CT molecular complexity index is 722. The van der Waals surface area contributed by atoms with E-state index in [1.54, 1.807) is 6.07 Å². The summed E-state index contributed by atoms with van der Waals surface area (Å²) in [6.07, 6.45) is 0. The lowest BCUT2D eigenvalue weighted by molar-refractivity contribution is 0.584. The number of hydrogen-bond donors (Lipinski definition) is 0. The van der Waals surface area contributed by atoms with Crippen LogP contribution in [-0.2, 0) is 0 Å². The van der Waals surface area contributed by atoms with Crippen LogP contribution in [0.3, 0.4) is 0 Å². The molecular weight excluding hydrogens is 278 g/mol. The van der Waals surface area contributed by atoms with Gasteiger partial charge in [0, 0.05) is 11.6 Å². The van der Waals surface area contributed by atoms with Crippen LogP contribution in [0.1, 0.15) is 0 Å². The first-order valence-corrected chi connectivity index (χ1v) is 6.26.